The number of carbonyl (C=O) groups excluding carboxylic acids is 3. The molecule has 2 aromatic carbocycles. The molecular weight excluding hydrogens is 422 g/mol. The minimum atomic E-state index is -0.387. The van der Waals surface area contributed by atoms with Crippen molar-refractivity contribution in [2.45, 2.75) is 19.8 Å². The standard InChI is InChI=1S/C22H18ClN3O3S/c1-2-3-10-26-20(28)16-9-6-14(11-17(16)21(26)29)19(27)25-22-24-18(12-30-22)13-4-7-15(23)8-5-13/h4-9,11-12H,2-3,10H2,1H3,(H,24,25,27). The highest BCUT2D eigenvalue weighted by molar-refractivity contribution is 7.14. The molecule has 0 fully saturated rings. The van der Waals surface area contributed by atoms with Gasteiger partial charge in [-0.1, -0.05) is 37.1 Å². The second kappa shape index (κ2) is 8.38. The molecule has 0 unspecified atom stereocenters. The number of amides is 3. The van der Waals surface area contributed by atoms with Crippen molar-refractivity contribution in [3.63, 3.8) is 0 Å². The van der Waals surface area contributed by atoms with Crippen molar-refractivity contribution < 1.29 is 14.4 Å². The molecule has 0 aliphatic carbocycles. The van der Waals surface area contributed by atoms with E-state index in [4.69, 9.17) is 11.6 Å². The summed E-state index contributed by atoms with van der Waals surface area (Å²) in [6, 6.07) is 11.8. The summed E-state index contributed by atoms with van der Waals surface area (Å²) < 4.78 is 0. The molecule has 3 aromatic rings. The van der Waals surface area contributed by atoms with Gasteiger partial charge in [0.25, 0.3) is 17.7 Å². The van der Waals surface area contributed by atoms with E-state index in [2.05, 4.69) is 10.3 Å². The predicted molar refractivity (Wildman–Crippen MR) is 117 cm³/mol. The van der Waals surface area contributed by atoms with Crippen LogP contribution < -0.4 is 5.32 Å². The zero-order valence-corrected chi connectivity index (χ0v) is 17.7. The van der Waals surface area contributed by atoms with Crippen LogP contribution in [-0.4, -0.2) is 34.2 Å². The summed E-state index contributed by atoms with van der Waals surface area (Å²) >= 11 is 7.21. The summed E-state index contributed by atoms with van der Waals surface area (Å²) in [4.78, 5) is 43.4. The van der Waals surface area contributed by atoms with E-state index < -0.39 is 0 Å². The molecule has 0 radical (unpaired) electrons. The van der Waals surface area contributed by atoms with Crippen LogP contribution in [-0.2, 0) is 0 Å². The number of unbranched alkanes of at least 4 members (excludes halogenated alkanes) is 1. The van der Waals surface area contributed by atoms with Gasteiger partial charge < -0.3 is 0 Å². The lowest BCUT2D eigenvalue weighted by molar-refractivity contribution is 0.0652. The summed E-state index contributed by atoms with van der Waals surface area (Å²) in [5.74, 6) is -1.04. The lowest BCUT2D eigenvalue weighted by Crippen LogP contribution is -2.30. The highest BCUT2D eigenvalue weighted by Gasteiger charge is 2.35. The van der Waals surface area contributed by atoms with Gasteiger partial charge in [-0.15, -0.1) is 11.3 Å². The Labute approximate surface area is 182 Å². The Balaban J connectivity index is 1.51. The van der Waals surface area contributed by atoms with Crippen LogP contribution in [0.2, 0.25) is 5.02 Å². The smallest absolute Gasteiger partial charge is 0.261 e. The number of fused-ring (bicyclic) bond motifs is 1. The first-order chi connectivity index (χ1) is 14.5. The fourth-order valence-electron chi connectivity index (χ4n) is 3.20. The molecular formula is C22H18ClN3O3S. The maximum absolute atomic E-state index is 12.7. The van der Waals surface area contributed by atoms with Crippen LogP contribution in [0.5, 0.6) is 0 Å². The van der Waals surface area contributed by atoms with Crippen molar-refractivity contribution in [1.82, 2.24) is 9.88 Å². The van der Waals surface area contributed by atoms with E-state index in [1.165, 1.54) is 28.4 Å². The van der Waals surface area contributed by atoms with Gasteiger partial charge in [-0.2, -0.15) is 0 Å². The number of hydrogen-bond acceptors (Lipinski definition) is 5. The largest absolute Gasteiger partial charge is 0.298 e. The number of nitrogens with one attached hydrogen (secondary N) is 1. The van der Waals surface area contributed by atoms with Gasteiger partial charge in [-0.05, 0) is 36.8 Å². The Morgan fingerprint density at radius 3 is 2.57 bits per heavy atom. The van der Waals surface area contributed by atoms with Crippen LogP contribution in [0.1, 0.15) is 50.8 Å². The number of carbonyl (C=O) groups is 3. The fourth-order valence-corrected chi connectivity index (χ4v) is 4.05. The van der Waals surface area contributed by atoms with Crippen LogP contribution in [0.4, 0.5) is 5.13 Å². The van der Waals surface area contributed by atoms with Crippen LogP contribution in [0.3, 0.4) is 0 Å². The highest BCUT2D eigenvalue weighted by Crippen LogP contribution is 2.28. The Hall–Kier alpha value is -3.03. The van der Waals surface area contributed by atoms with Crippen molar-refractivity contribution >= 4 is 45.8 Å². The molecule has 1 N–H and O–H groups in total. The molecule has 0 saturated heterocycles. The van der Waals surface area contributed by atoms with Gasteiger partial charge in [0.2, 0.25) is 0 Å². The first-order valence-electron chi connectivity index (χ1n) is 9.51. The van der Waals surface area contributed by atoms with E-state index in [1.807, 2.05) is 24.4 Å². The average Bonchev–Trinajstić information content (AvgIpc) is 3.30. The number of halogens is 1. The molecule has 4 rings (SSSR count). The Morgan fingerprint density at radius 2 is 1.83 bits per heavy atom. The minimum absolute atomic E-state index is 0.268. The zero-order chi connectivity index (χ0) is 21.3. The first kappa shape index (κ1) is 20.3. The number of hydrogen-bond donors (Lipinski definition) is 1. The highest BCUT2D eigenvalue weighted by atomic mass is 35.5. The van der Waals surface area contributed by atoms with Gasteiger partial charge in [-0.25, -0.2) is 4.98 Å². The Bertz CT molecular complexity index is 1140. The number of anilines is 1. The zero-order valence-electron chi connectivity index (χ0n) is 16.1. The molecule has 0 spiro atoms. The average molecular weight is 440 g/mol. The molecule has 8 heteroatoms. The van der Waals surface area contributed by atoms with Crippen LogP contribution in [0.25, 0.3) is 11.3 Å². The van der Waals surface area contributed by atoms with Gasteiger partial charge in [-0.3, -0.25) is 24.6 Å². The molecule has 30 heavy (non-hydrogen) atoms. The second-order valence-electron chi connectivity index (χ2n) is 6.87. The summed E-state index contributed by atoms with van der Waals surface area (Å²) in [7, 11) is 0. The monoisotopic (exact) mass is 439 g/mol. The third-order valence-corrected chi connectivity index (χ3v) is 5.84. The SMILES string of the molecule is CCCCN1C(=O)c2ccc(C(=O)Nc3nc(-c4ccc(Cl)cc4)cs3)cc2C1=O. The molecule has 0 atom stereocenters. The molecule has 0 bridgehead atoms. The maximum Gasteiger partial charge on any atom is 0.261 e. The van der Waals surface area contributed by atoms with Crippen molar-refractivity contribution in [3.05, 3.63) is 69.6 Å². The number of nitrogens with zero attached hydrogens (tertiary/aromatic N) is 2. The number of benzene rings is 2. The van der Waals surface area contributed by atoms with Gasteiger partial charge in [0.1, 0.15) is 0 Å². The van der Waals surface area contributed by atoms with E-state index in [9.17, 15) is 14.4 Å². The number of thiazole rings is 1. The lowest BCUT2D eigenvalue weighted by atomic mass is 10.1. The number of rotatable bonds is 6. The van der Waals surface area contributed by atoms with Gasteiger partial charge in [0.15, 0.2) is 5.13 Å². The predicted octanol–water partition coefficient (Wildman–Crippen LogP) is 5.11. The molecule has 1 aliphatic heterocycles. The number of imide groups is 1. The number of aromatic nitrogens is 1. The van der Waals surface area contributed by atoms with Crippen molar-refractivity contribution in [1.29, 1.82) is 0 Å². The van der Waals surface area contributed by atoms with E-state index in [0.717, 1.165) is 24.1 Å². The topological polar surface area (TPSA) is 79.4 Å². The molecule has 152 valence electrons. The summed E-state index contributed by atoms with van der Waals surface area (Å²) in [5, 5.41) is 5.68. The van der Waals surface area contributed by atoms with E-state index in [1.54, 1.807) is 18.2 Å². The molecule has 1 aliphatic rings. The fraction of sp³-hybridized carbons (Fsp3) is 0.182. The molecule has 0 saturated carbocycles. The van der Waals surface area contributed by atoms with Crippen LogP contribution >= 0.6 is 22.9 Å². The molecule has 2 heterocycles. The molecule has 1 aromatic heterocycles. The molecule has 3 amide bonds. The summed E-state index contributed by atoms with van der Waals surface area (Å²) in [6.45, 7) is 2.38. The minimum Gasteiger partial charge on any atom is -0.298 e. The van der Waals surface area contributed by atoms with Gasteiger partial charge in [0.05, 0.1) is 16.8 Å². The third-order valence-electron chi connectivity index (χ3n) is 4.83. The van der Waals surface area contributed by atoms with Gasteiger partial charge >= 0.3 is 0 Å². The quantitative estimate of drug-likeness (QED) is 0.541. The second-order valence-corrected chi connectivity index (χ2v) is 8.17. The summed E-state index contributed by atoms with van der Waals surface area (Å²) in [5.41, 5.74) is 2.53. The van der Waals surface area contributed by atoms with E-state index in [-0.39, 0.29) is 23.3 Å². The lowest BCUT2D eigenvalue weighted by Gasteiger charge is -2.12. The Morgan fingerprint density at radius 1 is 1.10 bits per heavy atom. The van der Waals surface area contributed by atoms with Crippen molar-refractivity contribution in [2.75, 3.05) is 11.9 Å². The van der Waals surface area contributed by atoms with Crippen LogP contribution in [0.15, 0.2) is 47.8 Å². The Kier molecular flexibility index (Phi) is 5.65. The molecule has 6 nitrogen and oxygen atoms in total. The van der Waals surface area contributed by atoms with Crippen molar-refractivity contribution in [2.24, 2.45) is 0 Å². The van der Waals surface area contributed by atoms with Crippen LogP contribution in [0, 0.1) is 0 Å². The van der Waals surface area contributed by atoms with E-state index in [0.29, 0.717) is 27.8 Å². The normalized spacial score (nSPS) is 12.9. The third kappa shape index (κ3) is 3.86. The van der Waals surface area contributed by atoms with E-state index >= 15 is 0 Å². The summed E-state index contributed by atoms with van der Waals surface area (Å²) in [6.07, 6.45) is 1.63. The maximum atomic E-state index is 12.7. The van der Waals surface area contributed by atoms with Crippen molar-refractivity contribution in [3.8, 4) is 11.3 Å². The first-order valence-corrected chi connectivity index (χ1v) is 10.8. The van der Waals surface area contributed by atoms with Gasteiger partial charge in [0, 0.05) is 28.1 Å².